The Morgan fingerprint density at radius 2 is 2.31 bits per heavy atom. The third-order valence-corrected chi connectivity index (χ3v) is 2.96. The molecular formula is C9H17NO2S. The Bertz CT molecular complexity index is 190. The Labute approximate surface area is 83.3 Å². The standard InChI is InChI=1S/C9H17NO2S/c1-9(12,6-13-2)5-10-8(11)7-3-4-7/h7,12H,3-6H2,1-2H3,(H,10,11)/t9-/m1/s1. The van der Waals surface area contributed by atoms with E-state index in [1.807, 2.05) is 6.26 Å². The molecule has 0 spiro atoms. The molecule has 1 aliphatic carbocycles. The number of thioether (sulfide) groups is 1. The first kappa shape index (κ1) is 10.9. The summed E-state index contributed by atoms with van der Waals surface area (Å²) < 4.78 is 0. The van der Waals surface area contributed by atoms with Crippen LogP contribution in [0, 0.1) is 5.92 Å². The Balaban J connectivity index is 2.19. The van der Waals surface area contributed by atoms with Crippen LogP contribution in [0.3, 0.4) is 0 Å². The topological polar surface area (TPSA) is 49.3 Å². The molecule has 0 radical (unpaired) electrons. The van der Waals surface area contributed by atoms with Crippen LogP contribution in [-0.4, -0.2) is 35.2 Å². The zero-order chi connectivity index (χ0) is 9.90. The second-order valence-corrected chi connectivity index (χ2v) is 4.79. The van der Waals surface area contributed by atoms with E-state index in [9.17, 15) is 9.90 Å². The summed E-state index contributed by atoms with van der Waals surface area (Å²) in [4.78, 5) is 11.2. The van der Waals surface area contributed by atoms with Crippen molar-refractivity contribution >= 4 is 17.7 Å². The summed E-state index contributed by atoms with van der Waals surface area (Å²) in [6.07, 6.45) is 3.96. The van der Waals surface area contributed by atoms with Crippen LogP contribution in [-0.2, 0) is 4.79 Å². The lowest BCUT2D eigenvalue weighted by Crippen LogP contribution is -2.42. The first-order chi connectivity index (χ1) is 6.05. The Morgan fingerprint density at radius 3 is 2.77 bits per heavy atom. The molecule has 3 nitrogen and oxygen atoms in total. The highest BCUT2D eigenvalue weighted by Gasteiger charge is 2.31. The number of hydrogen-bond acceptors (Lipinski definition) is 3. The third kappa shape index (κ3) is 4.00. The Hall–Kier alpha value is -0.220. The van der Waals surface area contributed by atoms with Crippen molar-refractivity contribution in [1.82, 2.24) is 5.32 Å². The number of amides is 1. The Kier molecular flexibility index (Phi) is 3.62. The van der Waals surface area contributed by atoms with E-state index in [0.717, 1.165) is 12.8 Å². The van der Waals surface area contributed by atoms with Gasteiger partial charge in [0.2, 0.25) is 5.91 Å². The minimum Gasteiger partial charge on any atom is -0.387 e. The van der Waals surface area contributed by atoms with Gasteiger partial charge in [0, 0.05) is 18.2 Å². The van der Waals surface area contributed by atoms with Gasteiger partial charge in [-0.25, -0.2) is 0 Å². The molecule has 0 aromatic heterocycles. The van der Waals surface area contributed by atoms with Crippen LogP contribution in [0.25, 0.3) is 0 Å². The molecule has 1 fully saturated rings. The fraction of sp³-hybridized carbons (Fsp3) is 0.889. The van der Waals surface area contributed by atoms with Gasteiger partial charge < -0.3 is 10.4 Å². The van der Waals surface area contributed by atoms with Crippen molar-refractivity contribution in [3.8, 4) is 0 Å². The zero-order valence-corrected chi connectivity index (χ0v) is 8.99. The van der Waals surface area contributed by atoms with E-state index >= 15 is 0 Å². The molecule has 0 bridgehead atoms. The molecule has 13 heavy (non-hydrogen) atoms. The minimum atomic E-state index is -0.774. The van der Waals surface area contributed by atoms with Crippen LogP contribution in [0.4, 0.5) is 0 Å². The fourth-order valence-corrected chi connectivity index (χ4v) is 1.85. The Morgan fingerprint density at radius 1 is 1.69 bits per heavy atom. The van der Waals surface area contributed by atoms with E-state index in [1.54, 1.807) is 18.7 Å². The number of nitrogens with one attached hydrogen (secondary N) is 1. The van der Waals surface area contributed by atoms with Crippen molar-refractivity contribution in [2.24, 2.45) is 5.92 Å². The van der Waals surface area contributed by atoms with Gasteiger partial charge in [0.15, 0.2) is 0 Å². The second kappa shape index (κ2) is 4.33. The monoisotopic (exact) mass is 203 g/mol. The lowest BCUT2D eigenvalue weighted by Gasteiger charge is -2.22. The van der Waals surface area contributed by atoms with Gasteiger partial charge in [0.25, 0.3) is 0 Å². The fourth-order valence-electron chi connectivity index (χ4n) is 1.13. The quantitative estimate of drug-likeness (QED) is 0.689. The molecular weight excluding hydrogens is 186 g/mol. The largest absolute Gasteiger partial charge is 0.387 e. The molecule has 1 rings (SSSR count). The predicted molar refractivity (Wildman–Crippen MR) is 54.7 cm³/mol. The van der Waals surface area contributed by atoms with E-state index in [-0.39, 0.29) is 11.8 Å². The van der Waals surface area contributed by atoms with E-state index in [0.29, 0.717) is 12.3 Å². The van der Waals surface area contributed by atoms with Crippen LogP contribution in [0.5, 0.6) is 0 Å². The summed E-state index contributed by atoms with van der Waals surface area (Å²) in [5, 5.41) is 12.5. The van der Waals surface area contributed by atoms with Gasteiger partial charge in [-0.1, -0.05) is 0 Å². The zero-order valence-electron chi connectivity index (χ0n) is 8.17. The maximum absolute atomic E-state index is 11.2. The van der Waals surface area contributed by atoms with Gasteiger partial charge >= 0.3 is 0 Å². The number of rotatable bonds is 5. The highest BCUT2D eigenvalue weighted by atomic mass is 32.2. The van der Waals surface area contributed by atoms with Crippen LogP contribution in [0.2, 0.25) is 0 Å². The van der Waals surface area contributed by atoms with Crippen molar-refractivity contribution in [1.29, 1.82) is 0 Å². The molecule has 1 amide bonds. The van der Waals surface area contributed by atoms with Crippen LogP contribution in [0.1, 0.15) is 19.8 Å². The van der Waals surface area contributed by atoms with Crippen LogP contribution < -0.4 is 5.32 Å². The highest BCUT2D eigenvalue weighted by Crippen LogP contribution is 2.28. The van der Waals surface area contributed by atoms with Crippen LogP contribution in [0.15, 0.2) is 0 Å². The average Bonchev–Trinajstić information content (AvgIpc) is 2.82. The van der Waals surface area contributed by atoms with Gasteiger partial charge in [-0.3, -0.25) is 4.79 Å². The highest BCUT2D eigenvalue weighted by molar-refractivity contribution is 7.98. The van der Waals surface area contributed by atoms with Gasteiger partial charge in [-0.2, -0.15) is 11.8 Å². The van der Waals surface area contributed by atoms with Crippen molar-refractivity contribution in [2.45, 2.75) is 25.4 Å². The predicted octanol–water partition coefficient (Wildman–Crippen LogP) is 0.627. The average molecular weight is 203 g/mol. The molecule has 0 heterocycles. The smallest absolute Gasteiger partial charge is 0.223 e. The summed E-state index contributed by atoms with van der Waals surface area (Å²) in [6.45, 7) is 2.11. The molecule has 76 valence electrons. The van der Waals surface area contributed by atoms with Crippen molar-refractivity contribution in [3.63, 3.8) is 0 Å². The molecule has 1 atom stereocenters. The summed E-state index contributed by atoms with van der Waals surface area (Å²) in [7, 11) is 0. The van der Waals surface area contributed by atoms with Gasteiger partial charge in [0.1, 0.15) is 0 Å². The lowest BCUT2D eigenvalue weighted by molar-refractivity contribution is -0.123. The first-order valence-electron chi connectivity index (χ1n) is 4.54. The maximum Gasteiger partial charge on any atom is 0.223 e. The lowest BCUT2D eigenvalue weighted by atomic mass is 10.1. The number of aliphatic hydroxyl groups is 1. The van der Waals surface area contributed by atoms with Gasteiger partial charge in [0.05, 0.1) is 5.60 Å². The molecule has 4 heteroatoms. The first-order valence-corrected chi connectivity index (χ1v) is 5.93. The van der Waals surface area contributed by atoms with E-state index in [4.69, 9.17) is 0 Å². The van der Waals surface area contributed by atoms with Crippen LogP contribution >= 0.6 is 11.8 Å². The van der Waals surface area contributed by atoms with Gasteiger partial charge in [-0.15, -0.1) is 0 Å². The molecule has 0 aromatic rings. The van der Waals surface area contributed by atoms with E-state index < -0.39 is 5.60 Å². The molecule has 2 N–H and O–H groups in total. The summed E-state index contributed by atoms with van der Waals surface area (Å²) >= 11 is 1.58. The maximum atomic E-state index is 11.2. The summed E-state index contributed by atoms with van der Waals surface area (Å²) in [6, 6.07) is 0. The number of hydrogen-bond donors (Lipinski definition) is 2. The number of carbonyl (C=O) groups excluding carboxylic acids is 1. The molecule has 0 aromatic carbocycles. The SMILES string of the molecule is CSC[C@](C)(O)CNC(=O)C1CC1. The molecule has 0 aliphatic heterocycles. The second-order valence-electron chi connectivity index (χ2n) is 3.92. The van der Waals surface area contributed by atoms with E-state index in [2.05, 4.69) is 5.32 Å². The molecule has 0 saturated heterocycles. The normalized spacial score (nSPS) is 20.8. The number of carbonyl (C=O) groups is 1. The minimum absolute atomic E-state index is 0.0985. The van der Waals surface area contributed by atoms with Crippen molar-refractivity contribution in [2.75, 3.05) is 18.6 Å². The summed E-state index contributed by atoms with van der Waals surface area (Å²) in [5.74, 6) is 0.976. The van der Waals surface area contributed by atoms with E-state index in [1.165, 1.54) is 0 Å². The van der Waals surface area contributed by atoms with Gasteiger partial charge in [-0.05, 0) is 26.0 Å². The van der Waals surface area contributed by atoms with Crippen molar-refractivity contribution in [3.05, 3.63) is 0 Å². The van der Waals surface area contributed by atoms with Crippen molar-refractivity contribution < 1.29 is 9.90 Å². The molecule has 1 saturated carbocycles. The summed E-state index contributed by atoms with van der Waals surface area (Å²) in [5.41, 5.74) is -0.774. The third-order valence-electron chi connectivity index (χ3n) is 2.05. The molecule has 0 unspecified atom stereocenters. The molecule has 1 aliphatic rings.